The Kier molecular flexibility index (Phi) is 5.23. The minimum absolute atomic E-state index is 0.0631. The molecule has 27 heavy (non-hydrogen) atoms. The third-order valence-electron chi connectivity index (χ3n) is 6.16. The summed E-state index contributed by atoms with van der Waals surface area (Å²) in [7, 11) is 0. The van der Waals surface area contributed by atoms with Crippen molar-refractivity contribution in [3.63, 3.8) is 0 Å². The third-order valence-corrected chi connectivity index (χ3v) is 6.16. The molecule has 5 rings (SSSR count). The second-order valence-electron chi connectivity index (χ2n) is 8.01. The molecule has 2 atom stereocenters. The van der Waals surface area contributed by atoms with Crippen LogP contribution in [0.15, 0.2) is 24.3 Å². The second kappa shape index (κ2) is 7.79. The summed E-state index contributed by atoms with van der Waals surface area (Å²) in [5.41, 5.74) is 0.769. The zero-order valence-electron chi connectivity index (χ0n) is 16.0. The lowest BCUT2D eigenvalue weighted by Crippen LogP contribution is -2.49. The molecule has 3 heterocycles. The number of ether oxygens (including phenoxy) is 1. The van der Waals surface area contributed by atoms with Crippen LogP contribution >= 0.6 is 0 Å². The van der Waals surface area contributed by atoms with E-state index in [0.717, 1.165) is 50.2 Å². The van der Waals surface area contributed by atoms with E-state index in [4.69, 9.17) is 4.74 Å². The van der Waals surface area contributed by atoms with Gasteiger partial charge in [-0.2, -0.15) is 0 Å². The van der Waals surface area contributed by atoms with Gasteiger partial charge < -0.3 is 19.9 Å². The number of nitrogens with zero attached hydrogens (tertiary/aromatic N) is 2. The number of fused-ring (bicyclic) bond motifs is 4. The Balaban J connectivity index is 1.40. The molecule has 1 aliphatic carbocycles. The van der Waals surface area contributed by atoms with E-state index in [2.05, 4.69) is 5.32 Å². The summed E-state index contributed by atoms with van der Waals surface area (Å²) in [5.74, 6) is 1.73. The maximum Gasteiger partial charge on any atom is 0.322 e. The summed E-state index contributed by atoms with van der Waals surface area (Å²) >= 11 is 0. The molecular formula is C21H29N3O3. The van der Waals surface area contributed by atoms with Gasteiger partial charge in [0.25, 0.3) is 0 Å². The number of benzene rings is 1. The van der Waals surface area contributed by atoms with Crippen LogP contribution in [0.4, 0.5) is 10.5 Å². The molecule has 0 aromatic heterocycles. The molecule has 4 fully saturated rings. The number of hydrogen-bond donors (Lipinski definition) is 1. The number of piperidine rings is 1. The first-order valence-electron chi connectivity index (χ1n) is 10.2. The molecule has 4 aliphatic rings. The fourth-order valence-electron chi connectivity index (χ4n) is 4.42. The molecule has 2 bridgehead atoms. The smallest absolute Gasteiger partial charge is 0.322 e. The molecule has 1 N–H and O–H groups in total. The van der Waals surface area contributed by atoms with Gasteiger partial charge in [-0.15, -0.1) is 0 Å². The minimum Gasteiger partial charge on any atom is -0.494 e. The lowest BCUT2D eigenvalue weighted by atomic mass is 9.84. The molecule has 146 valence electrons. The van der Waals surface area contributed by atoms with Gasteiger partial charge in [0, 0.05) is 31.2 Å². The Morgan fingerprint density at radius 2 is 1.85 bits per heavy atom. The van der Waals surface area contributed by atoms with E-state index in [1.165, 1.54) is 6.42 Å². The highest BCUT2D eigenvalue weighted by Gasteiger charge is 2.40. The van der Waals surface area contributed by atoms with Crippen molar-refractivity contribution in [1.82, 2.24) is 9.80 Å². The summed E-state index contributed by atoms with van der Waals surface area (Å²) in [4.78, 5) is 29.6. The Bertz CT molecular complexity index is 686. The molecule has 3 amide bonds. The van der Waals surface area contributed by atoms with Crippen molar-refractivity contribution in [3.05, 3.63) is 24.3 Å². The number of hydrogen-bond acceptors (Lipinski definition) is 3. The van der Waals surface area contributed by atoms with E-state index in [1.807, 2.05) is 41.0 Å². The maximum absolute atomic E-state index is 12.9. The van der Waals surface area contributed by atoms with Crippen LogP contribution in [0.1, 0.15) is 39.0 Å². The zero-order chi connectivity index (χ0) is 18.8. The van der Waals surface area contributed by atoms with Gasteiger partial charge in [0.15, 0.2) is 0 Å². The Morgan fingerprint density at radius 3 is 2.52 bits per heavy atom. The van der Waals surface area contributed by atoms with Gasteiger partial charge in [-0.3, -0.25) is 4.79 Å². The van der Waals surface area contributed by atoms with E-state index in [9.17, 15) is 9.59 Å². The van der Waals surface area contributed by atoms with Crippen molar-refractivity contribution in [2.45, 2.75) is 45.1 Å². The van der Waals surface area contributed by atoms with E-state index < -0.39 is 0 Å². The highest BCUT2D eigenvalue weighted by atomic mass is 16.5. The number of anilines is 1. The number of carbonyl (C=O) groups is 2. The average Bonchev–Trinajstić information content (AvgIpc) is 2.94. The maximum atomic E-state index is 12.9. The standard InChI is InChI=1S/C21H29N3O3/c1-2-27-19-10-7-17(8-11-19)22-21(26)24-13-15-6-9-18(24)14-23(12-15)20(25)16-4-3-5-16/h7-8,10-11,15-16,18H,2-6,9,12-14H2,1H3,(H,22,26)/t15-,18+/m0/s1. The first kappa shape index (κ1) is 18.1. The summed E-state index contributed by atoms with van der Waals surface area (Å²) in [6.07, 6.45) is 5.33. The van der Waals surface area contributed by atoms with Crippen molar-refractivity contribution in [3.8, 4) is 5.75 Å². The Morgan fingerprint density at radius 1 is 1.07 bits per heavy atom. The van der Waals surface area contributed by atoms with Crippen molar-refractivity contribution in [2.75, 3.05) is 31.6 Å². The molecule has 0 spiro atoms. The average molecular weight is 371 g/mol. The molecular weight excluding hydrogens is 342 g/mol. The first-order valence-corrected chi connectivity index (χ1v) is 10.2. The highest BCUT2D eigenvalue weighted by Crippen LogP contribution is 2.33. The summed E-state index contributed by atoms with van der Waals surface area (Å²) in [6.45, 7) is 4.80. The SMILES string of the molecule is CCOc1ccc(NC(=O)N2C[C@H]3CC[C@@H]2CN(C(=O)C2CCC2)C3)cc1. The third kappa shape index (κ3) is 3.89. The van der Waals surface area contributed by atoms with Crippen LogP contribution in [0, 0.1) is 11.8 Å². The fraction of sp³-hybridized carbons (Fsp3) is 0.619. The number of amides is 3. The molecule has 1 aromatic rings. The predicted octanol–water partition coefficient (Wildman–Crippen LogP) is 3.34. The van der Waals surface area contributed by atoms with Crippen LogP contribution in [-0.2, 0) is 4.79 Å². The normalized spacial score (nSPS) is 24.9. The largest absolute Gasteiger partial charge is 0.494 e. The Labute approximate surface area is 160 Å². The molecule has 6 heteroatoms. The summed E-state index contributed by atoms with van der Waals surface area (Å²) < 4.78 is 5.45. The van der Waals surface area contributed by atoms with Crippen LogP contribution in [0.2, 0.25) is 0 Å². The topological polar surface area (TPSA) is 61.9 Å². The number of rotatable bonds is 4. The van der Waals surface area contributed by atoms with Gasteiger partial charge in [-0.05, 0) is 62.8 Å². The predicted molar refractivity (Wildman–Crippen MR) is 104 cm³/mol. The number of carbonyl (C=O) groups excluding carboxylic acids is 2. The van der Waals surface area contributed by atoms with E-state index in [0.29, 0.717) is 25.0 Å². The van der Waals surface area contributed by atoms with Crippen molar-refractivity contribution in [1.29, 1.82) is 0 Å². The quantitative estimate of drug-likeness (QED) is 0.883. The minimum atomic E-state index is -0.0631. The van der Waals surface area contributed by atoms with Crippen LogP contribution in [-0.4, -0.2) is 54.0 Å². The molecule has 3 saturated heterocycles. The zero-order valence-corrected chi connectivity index (χ0v) is 16.0. The van der Waals surface area contributed by atoms with Crippen LogP contribution in [0.5, 0.6) is 5.75 Å². The lowest BCUT2D eigenvalue weighted by Gasteiger charge is -2.36. The highest BCUT2D eigenvalue weighted by molar-refractivity contribution is 5.90. The van der Waals surface area contributed by atoms with Gasteiger partial charge in [0.2, 0.25) is 5.91 Å². The van der Waals surface area contributed by atoms with E-state index >= 15 is 0 Å². The van der Waals surface area contributed by atoms with Gasteiger partial charge in [0.1, 0.15) is 5.75 Å². The van der Waals surface area contributed by atoms with Crippen molar-refractivity contribution >= 4 is 17.6 Å². The van der Waals surface area contributed by atoms with Gasteiger partial charge in [0.05, 0.1) is 12.6 Å². The van der Waals surface area contributed by atoms with E-state index in [1.54, 1.807) is 0 Å². The van der Waals surface area contributed by atoms with Gasteiger partial charge in [-0.1, -0.05) is 6.42 Å². The van der Waals surface area contributed by atoms with Crippen LogP contribution < -0.4 is 10.1 Å². The lowest BCUT2D eigenvalue weighted by molar-refractivity contribution is -0.138. The van der Waals surface area contributed by atoms with Gasteiger partial charge >= 0.3 is 6.03 Å². The van der Waals surface area contributed by atoms with Gasteiger partial charge in [-0.25, -0.2) is 4.79 Å². The van der Waals surface area contributed by atoms with Crippen molar-refractivity contribution in [2.24, 2.45) is 11.8 Å². The molecule has 1 aromatic carbocycles. The molecule has 0 radical (unpaired) electrons. The van der Waals surface area contributed by atoms with E-state index in [-0.39, 0.29) is 18.0 Å². The number of urea groups is 1. The summed E-state index contributed by atoms with van der Waals surface area (Å²) in [5, 5.41) is 3.01. The molecule has 0 unspecified atom stereocenters. The second-order valence-corrected chi connectivity index (χ2v) is 8.01. The van der Waals surface area contributed by atoms with Crippen molar-refractivity contribution < 1.29 is 14.3 Å². The molecule has 6 nitrogen and oxygen atoms in total. The summed E-state index contributed by atoms with van der Waals surface area (Å²) in [6, 6.07) is 7.53. The molecule has 3 aliphatic heterocycles. The molecule has 1 saturated carbocycles. The fourth-order valence-corrected chi connectivity index (χ4v) is 4.42. The number of nitrogens with one attached hydrogen (secondary N) is 1. The van der Waals surface area contributed by atoms with Crippen LogP contribution in [0.25, 0.3) is 0 Å². The Hall–Kier alpha value is -2.24. The monoisotopic (exact) mass is 371 g/mol. The van der Waals surface area contributed by atoms with Crippen LogP contribution in [0.3, 0.4) is 0 Å². The first-order chi connectivity index (χ1) is 13.1.